The van der Waals surface area contributed by atoms with Crippen molar-refractivity contribution in [2.24, 2.45) is 0 Å². The van der Waals surface area contributed by atoms with Gasteiger partial charge in [0.25, 0.3) is 0 Å². The second-order valence-electron chi connectivity index (χ2n) is 14.4. The Hall–Kier alpha value is -7.36. The van der Waals surface area contributed by atoms with Crippen molar-refractivity contribution in [3.05, 3.63) is 229 Å². The Balaban J connectivity index is 1.16. The molecule has 2 heterocycles. The van der Waals surface area contributed by atoms with Gasteiger partial charge in [-0.05, 0) is 57.1 Å². The average molecular weight is 715 g/mol. The van der Waals surface area contributed by atoms with E-state index in [2.05, 4.69) is 170 Å². The summed E-state index contributed by atoms with van der Waals surface area (Å²) in [5, 5.41) is 2.23. The number of benzene rings is 8. The van der Waals surface area contributed by atoms with Crippen LogP contribution in [0.5, 0.6) is 0 Å². The molecule has 2 aromatic heterocycles. The van der Waals surface area contributed by atoms with E-state index in [0.29, 0.717) is 5.82 Å². The van der Waals surface area contributed by atoms with E-state index in [-0.39, 0.29) is 0 Å². The van der Waals surface area contributed by atoms with Crippen molar-refractivity contribution in [2.45, 2.75) is 5.41 Å². The smallest absolute Gasteiger partial charge is 0.160 e. The highest BCUT2D eigenvalue weighted by atomic mass is 16.3. The summed E-state index contributed by atoms with van der Waals surface area (Å²) >= 11 is 0. The highest BCUT2D eigenvalue weighted by Gasteiger charge is 2.47. The minimum Gasteiger partial charge on any atom is -0.455 e. The third-order valence-corrected chi connectivity index (χ3v) is 11.4. The van der Waals surface area contributed by atoms with Crippen LogP contribution in [0.3, 0.4) is 0 Å². The molecule has 1 aliphatic carbocycles. The maximum absolute atomic E-state index is 6.97. The van der Waals surface area contributed by atoms with Gasteiger partial charge in [-0.25, -0.2) is 9.97 Å². The Kier molecular flexibility index (Phi) is 7.39. The summed E-state index contributed by atoms with van der Waals surface area (Å²) < 4.78 is 6.97. The van der Waals surface area contributed by atoms with Crippen LogP contribution in [0.1, 0.15) is 22.3 Å². The van der Waals surface area contributed by atoms with Gasteiger partial charge in [-0.1, -0.05) is 188 Å². The largest absolute Gasteiger partial charge is 0.455 e. The van der Waals surface area contributed by atoms with Gasteiger partial charge in [0.05, 0.1) is 16.8 Å². The summed E-state index contributed by atoms with van der Waals surface area (Å²) in [6.45, 7) is 0. The SMILES string of the molecule is c1ccc(-c2cc(-c3ccc(-c4cc5c(c6oc7ccccc7c46)-c4ccccc4C5(c4ccccc4)c4ccccc4)cc3)nc(-c3ccccc3)n2)cc1. The van der Waals surface area contributed by atoms with Crippen LogP contribution in [0.25, 0.3) is 78.1 Å². The number of rotatable bonds is 6. The molecule has 0 unspecified atom stereocenters. The molecule has 8 aromatic carbocycles. The number of furan rings is 1. The third kappa shape index (κ3) is 4.91. The minimum atomic E-state index is -0.557. The number of fused-ring (bicyclic) bond motifs is 7. The first-order chi connectivity index (χ1) is 27.8. The normalized spacial score (nSPS) is 12.8. The van der Waals surface area contributed by atoms with Gasteiger partial charge in [0, 0.05) is 33.0 Å². The van der Waals surface area contributed by atoms with Crippen LogP contribution >= 0.6 is 0 Å². The summed E-state index contributed by atoms with van der Waals surface area (Å²) in [5.41, 5.74) is 15.6. The second kappa shape index (κ2) is 12.9. The van der Waals surface area contributed by atoms with E-state index in [1.165, 1.54) is 27.8 Å². The second-order valence-corrected chi connectivity index (χ2v) is 14.4. The highest BCUT2D eigenvalue weighted by molar-refractivity contribution is 6.18. The van der Waals surface area contributed by atoms with Crippen molar-refractivity contribution in [2.75, 3.05) is 0 Å². The Morgan fingerprint density at radius 2 is 0.911 bits per heavy atom. The topological polar surface area (TPSA) is 38.9 Å². The molecule has 0 N–H and O–H groups in total. The minimum absolute atomic E-state index is 0.557. The molecule has 0 saturated heterocycles. The van der Waals surface area contributed by atoms with E-state index in [1.807, 2.05) is 36.4 Å². The van der Waals surface area contributed by atoms with E-state index in [1.54, 1.807) is 0 Å². The number of aromatic nitrogens is 2. The maximum atomic E-state index is 6.97. The van der Waals surface area contributed by atoms with Gasteiger partial charge in [0.2, 0.25) is 0 Å². The van der Waals surface area contributed by atoms with Crippen LogP contribution in [-0.2, 0) is 5.41 Å². The maximum Gasteiger partial charge on any atom is 0.160 e. The van der Waals surface area contributed by atoms with Crippen molar-refractivity contribution in [1.82, 2.24) is 9.97 Å². The molecular formula is C53H34N2O. The molecule has 0 bridgehead atoms. The standard InChI is InChI=1S/C53H34N2O/c1-5-17-36(18-6-1)46-34-47(55-52(54-46)38-19-7-2-8-20-38)37-31-29-35(30-32-37)43-33-45-50(51-49(43)42-26-14-16-28-48(42)56-51)41-25-13-15-27-44(41)53(45,39-21-9-3-10-22-39)40-23-11-4-12-24-40/h1-34H. The van der Waals surface area contributed by atoms with E-state index in [4.69, 9.17) is 14.4 Å². The van der Waals surface area contributed by atoms with Crippen molar-refractivity contribution in [1.29, 1.82) is 0 Å². The van der Waals surface area contributed by atoms with Gasteiger partial charge in [-0.15, -0.1) is 0 Å². The van der Waals surface area contributed by atoms with Gasteiger partial charge in [-0.2, -0.15) is 0 Å². The van der Waals surface area contributed by atoms with Gasteiger partial charge in [0.15, 0.2) is 5.82 Å². The summed E-state index contributed by atoms with van der Waals surface area (Å²) in [4.78, 5) is 10.1. The number of hydrogen-bond donors (Lipinski definition) is 0. The molecule has 0 fully saturated rings. The van der Waals surface area contributed by atoms with Crippen molar-refractivity contribution in [3.8, 4) is 56.2 Å². The Morgan fingerprint density at radius 1 is 0.393 bits per heavy atom. The summed E-state index contributed by atoms with van der Waals surface area (Å²) in [7, 11) is 0. The molecule has 56 heavy (non-hydrogen) atoms. The highest BCUT2D eigenvalue weighted by Crippen LogP contribution is 2.59. The number of para-hydroxylation sites is 1. The average Bonchev–Trinajstić information content (AvgIpc) is 3.82. The molecule has 11 rings (SSSR count). The fraction of sp³-hybridized carbons (Fsp3) is 0.0189. The predicted molar refractivity (Wildman–Crippen MR) is 228 cm³/mol. The molecule has 3 heteroatoms. The van der Waals surface area contributed by atoms with E-state index in [9.17, 15) is 0 Å². The van der Waals surface area contributed by atoms with Gasteiger partial charge >= 0.3 is 0 Å². The first kappa shape index (κ1) is 32.1. The quantitative estimate of drug-likeness (QED) is 0.172. The number of nitrogens with zero attached hydrogens (tertiary/aromatic N) is 2. The lowest BCUT2D eigenvalue weighted by Crippen LogP contribution is -2.28. The zero-order valence-electron chi connectivity index (χ0n) is 30.4. The molecule has 3 nitrogen and oxygen atoms in total. The molecular weight excluding hydrogens is 681 g/mol. The zero-order chi connectivity index (χ0) is 37.1. The molecule has 0 amide bonds. The number of hydrogen-bond acceptors (Lipinski definition) is 3. The van der Waals surface area contributed by atoms with E-state index >= 15 is 0 Å². The fourth-order valence-corrected chi connectivity index (χ4v) is 8.92. The molecule has 0 spiro atoms. The molecule has 0 atom stereocenters. The molecule has 0 radical (unpaired) electrons. The van der Waals surface area contributed by atoms with Gasteiger partial charge in [-0.3, -0.25) is 0 Å². The molecule has 0 saturated carbocycles. The first-order valence-corrected chi connectivity index (χ1v) is 19.1. The van der Waals surface area contributed by atoms with Crippen molar-refractivity contribution < 1.29 is 4.42 Å². The van der Waals surface area contributed by atoms with Crippen LogP contribution in [-0.4, -0.2) is 9.97 Å². The van der Waals surface area contributed by atoms with E-state index in [0.717, 1.165) is 66.7 Å². The van der Waals surface area contributed by atoms with Crippen LogP contribution in [0.4, 0.5) is 0 Å². The van der Waals surface area contributed by atoms with Crippen LogP contribution in [0.15, 0.2) is 211 Å². The summed E-state index contributed by atoms with van der Waals surface area (Å²) in [6, 6.07) is 73.1. The molecule has 262 valence electrons. The van der Waals surface area contributed by atoms with Crippen LogP contribution in [0.2, 0.25) is 0 Å². The molecule has 0 aliphatic heterocycles. The lowest BCUT2D eigenvalue weighted by atomic mass is 9.67. The van der Waals surface area contributed by atoms with Gasteiger partial charge < -0.3 is 4.42 Å². The molecule has 1 aliphatic rings. The van der Waals surface area contributed by atoms with E-state index < -0.39 is 5.41 Å². The lowest BCUT2D eigenvalue weighted by Gasteiger charge is -2.34. The van der Waals surface area contributed by atoms with Crippen LogP contribution in [0, 0.1) is 0 Å². The first-order valence-electron chi connectivity index (χ1n) is 19.1. The Morgan fingerprint density at radius 3 is 1.57 bits per heavy atom. The fourth-order valence-electron chi connectivity index (χ4n) is 8.92. The predicted octanol–water partition coefficient (Wildman–Crippen LogP) is 13.4. The Bertz CT molecular complexity index is 2950. The van der Waals surface area contributed by atoms with Gasteiger partial charge in [0.1, 0.15) is 11.2 Å². The summed E-state index contributed by atoms with van der Waals surface area (Å²) in [5.74, 6) is 0.703. The molecule has 10 aromatic rings. The summed E-state index contributed by atoms with van der Waals surface area (Å²) in [6.07, 6.45) is 0. The third-order valence-electron chi connectivity index (χ3n) is 11.4. The van der Waals surface area contributed by atoms with Crippen molar-refractivity contribution in [3.63, 3.8) is 0 Å². The van der Waals surface area contributed by atoms with Crippen molar-refractivity contribution >= 4 is 21.9 Å². The Labute approximate surface area is 325 Å². The van der Waals surface area contributed by atoms with Crippen LogP contribution < -0.4 is 0 Å². The lowest BCUT2D eigenvalue weighted by molar-refractivity contribution is 0.669. The monoisotopic (exact) mass is 714 g/mol. The zero-order valence-corrected chi connectivity index (χ0v) is 30.4.